The fraction of sp³-hybridized carbons (Fsp3) is 0.200. The molecule has 0 spiro atoms. The molecule has 0 saturated carbocycles. The van der Waals surface area contributed by atoms with Gasteiger partial charge >= 0.3 is 0 Å². The Hall–Kier alpha value is -2.44. The first kappa shape index (κ1) is 19.3. The molecule has 27 heavy (non-hydrogen) atoms. The van der Waals surface area contributed by atoms with E-state index in [0.717, 1.165) is 0 Å². The van der Waals surface area contributed by atoms with Gasteiger partial charge in [-0.1, -0.05) is 23.4 Å². The average Bonchev–Trinajstić information content (AvgIpc) is 2.88. The maximum Gasteiger partial charge on any atom is 0.262 e. The number of hydrogen-bond acceptors (Lipinski definition) is 5. The molecular weight excluding hydrogens is 386 g/mol. The first-order valence-electron chi connectivity index (χ1n) is 8.23. The summed E-state index contributed by atoms with van der Waals surface area (Å²) in [6.07, 6.45) is 1.43. The predicted molar refractivity (Wildman–Crippen MR) is 107 cm³/mol. The topological polar surface area (TPSA) is 64.6 Å². The molecule has 1 aliphatic heterocycles. The van der Waals surface area contributed by atoms with Crippen LogP contribution in [0.25, 0.3) is 0 Å². The lowest BCUT2D eigenvalue weighted by molar-refractivity contribution is -0.119. The predicted octanol–water partition coefficient (Wildman–Crippen LogP) is 5.02. The van der Waals surface area contributed by atoms with E-state index in [1.807, 2.05) is 13.8 Å². The molecule has 0 radical (unpaired) electrons. The van der Waals surface area contributed by atoms with E-state index >= 15 is 0 Å². The summed E-state index contributed by atoms with van der Waals surface area (Å²) in [7, 11) is 0. The summed E-state index contributed by atoms with van der Waals surface area (Å²) in [4.78, 5) is 23.5. The van der Waals surface area contributed by atoms with Gasteiger partial charge in [0.25, 0.3) is 5.91 Å². The number of hydrogen-bond donors (Lipinski definition) is 1. The van der Waals surface area contributed by atoms with E-state index in [0.29, 0.717) is 28.0 Å². The van der Waals surface area contributed by atoms with Crippen LogP contribution in [-0.2, 0) is 14.3 Å². The average molecular weight is 404 g/mol. The van der Waals surface area contributed by atoms with Crippen LogP contribution in [0.3, 0.4) is 0 Å². The van der Waals surface area contributed by atoms with E-state index < -0.39 is 4.75 Å². The minimum atomic E-state index is -0.446. The second kappa shape index (κ2) is 8.06. The molecule has 140 valence electrons. The monoisotopic (exact) mass is 403 g/mol. The Morgan fingerprint density at radius 1 is 1.07 bits per heavy atom. The van der Waals surface area contributed by atoms with Crippen molar-refractivity contribution in [2.24, 2.45) is 0 Å². The van der Waals surface area contributed by atoms with Crippen LogP contribution in [0.2, 0.25) is 5.02 Å². The zero-order chi connectivity index (χ0) is 19.4. The summed E-state index contributed by atoms with van der Waals surface area (Å²) in [5.74, 6) is 1.52. The SMILES string of the molecule is CC1(C)SC(=O)C=C1OCC(=O)Nc1ccc(Oc2ccc(Cl)cc2)cc1. The fourth-order valence-corrected chi connectivity index (χ4v) is 3.43. The lowest BCUT2D eigenvalue weighted by Gasteiger charge is -2.20. The zero-order valence-electron chi connectivity index (χ0n) is 14.8. The fourth-order valence-electron chi connectivity index (χ4n) is 2.41. The molecule has 0 atom stereocenters. The summed E-state index contributed by atoms with van der Waals surface area (Å²) < 4.78 is 10.8. The van der Waals surface area contributed by atoms with Gasteiger partial charge in [-0.2, -0.15) is 0 Å². The van der Waals surface area contributed by atoms with Crippen molar-refractivity contribution in [2.75, 3.05) is 11.9 Å². The molecule has 5 nitrogen and oxygen atoms in total. The molecular formula is C20H18ClNO4S. The Balaban J connectivity index is 1.52. The molecule has 0 aromatic heterocycles. The zero-order valence-corrected chi connectivity index (χ0v) is 16.4. The van der Waals surface area contributed by atoms with Crippen LogP contribution < -0.4 is 10.1 Å². The minimum absolute atomic E-state index is 0.0633. The Labute approximate surface area is 166 Å². The van der Waals surface area contributed by atoms with Crippen molar-refractivity contribution in [2.45, 2.75) is 18.6 Å². The van der Waals surface area contributed by atoms with Gasteiger partial charge in [0.15, 0.2) is 6.61 Å². The second-order valence-corrected chi connectivity index (χ2v) is 8.42. The number of amides is 1. The van der Waals surface area contributed by atoms with E-state index in [2.05, 4.69) is 5.32 Å². The smallest absolute Gasteiger partial charge is 0.262 e. The number of anilines is 1. The highest BCUT2D eigenvalue weighted by Gasteiger charge is 2.35. The van der Waals surface area contributed by atoms with Crippen LogP contribution in [0.5, 0.6) is 11.5 Å². The van der Waals surface area contributed by atoms with Gasteiger partial charge in [-0.3, -0.25) is 9.59 Å². The molecule has 1 aliphatic rings. The van der Waals surface area contributed by atoms with Gasteiger partial charge in [-0.05, 0) is 62.4 Å². The molecule has 1 amide bonds. The summed E-state index contributed by atoms with van der Waals surface area (Å²) >= 11 is 7.03. The molecule has 0 unspecified atom stereocenters. The van der Waals surface area contributed by atoms with Gasteiger partial charge < -0.3 is 14.8 Å². The molecule has 1 heterocycles. The molecule has 0 saturated heterocycles. The van der Waals surface area contributed by atoms with Crippen molar-refractivity contribution >= 4 is 40.1 Å². The minimum Gasteiger partial charge on any atom is -0.486 e. The number of nitrogens with one attached hydrogen (secondary N) is 1. The first-order chi connectivity index (χ1) is 12.8. The van der Waals surface area contributed by atoms with Gasteiger partial charge in [-0.25, -0.2) is 0 Å². The third kappa shape index (κ3) is 5.28. The van der Waals surface area contributed by atoms with Crippen molar-refractivity contribution in [3.05, 3.63) is 65.4 Å². The van der Waals surface area contributed by atoms with Crippen LogP contribution in [0.15, 0.2) is 60.4 Å². The van der Waals surface area contributed by atoms with Crippen LogP contribution in [0, 0.1) is 0 Å². The van der Waals surface area contributed by atoms with Crippen LogP contribution in [-0.4, -0.2) is 22.4 Å². The van der Waals surface area contributed by atoms with Crippen molar-refractivity contribution in [3.63, 3.8) is 0 Å². The maximum atomic E-state index is 12.1. The summed E-state index contributed by atoms with van der Waals surface area (Å²) in [5, 5.41) is 3.32. The number of thioether (sulfide) groups is 1. The largest absolute Gasteiger partial charge is 0.486 e. The highest BCUT2D eigenvalue weighted by Crippen LogP contribution is 2.39. The summed E-state index contributed by atoms with van der Waals surface area (Å²) in [6, 6.07) is 14.0. The Bertz CT molecular complexity index is 876. The quantitative estimate of drug-likeness (QED) is 0.733. The highest BCUT2D eigenvalue weighted by molar-refractivity contribution is 8.15. The standard InChI is InChI=1S/C20H18ClNO4S/c1-20(2)17(11-19(24)27-20)25-12-18(23)22-14-5-9-16(10-6-14)26-15-7-3-13(21)4-8-15/h3-11H,12H2,1-2H3,(H,22,23). The number of benzene rings is 2. The summed E-state index contributed by atoms with van der Waals surface area (Å²) in [6.45, 7) is 3.60. The lowest BCUT2D eigenvalue weighted by Crippen LogP contribution is -2.23. The van der Waals surface area contributed by atoms with E-state index in [1.165, 1.54) is 17.8 Å². The van der Waals surface area contributed by atoms with Crippen molar-refractivity contribution < 1.29 is 19.1 Å². The number of ether oxygens (including phenoxy) is 2. The normalized spacial score (nSPS) is 15.2. The summed E-state index contributed by atoms with van der Waals surface area (Å²) in [5.41, 5.74) is 0.622. The first-order valence-corrected chi connectivity index (χ1v) is 9.42. The second-order valence-electron chi connectivity index (χ2n) is 6.36. The van der Waals surface area contributed by atoms with Crippen molar-refractivity contribution in [3.8, 4) is 11.5 Å². The number of carbonyl (C=O) groups is 2. The number of halogens is 1. The van der Waals surface area contributed by atoms with E-state index in [-0.39, 0.29) is 17.6 Å². The third-order valence-electron chi connectivity index (χ3n) is 3.74. The van der Waals surface area contributed by atoms with Gasteiger partial charge in [-0.15, -0.1) is 0 Å². The van der Waals surface area contributed by atoms with Gasteiger partial charge in [0.2, 0.25) is 5.12 Å². The molecule has 0 fully saturated rings. The molecule has 7 heteroatoms. The Morgan fingerprint density at radius 3 is 2.22 bits per heavy atom. The van der Waals surface area contributed by atoms with Crippen LogP contribution >= 0.6 is 23.4 Å². The highest BCUT2D eigenvalue weighted by atomic mass is 35.5. The lowest BCUT2D eigenvalue weighted by atomic mass is 10.1. The number of rotatable bonds is 6. The molecule has 2 aromatic rings. The van der Waals surface area contributed by atoms with Gasteiger partial charge in [0, 0.05) is 16.8 Å². The number of carbonyl (C=O) groups excluding carboxylic acids is 2. The van der Waals surface area contributed by atoms with Crippen molar-refractivity contribution in [1.82, 2.24) is 0 Å². The van der Waals surface area contributed by atoms with Crippen molar-refractivity contribution in [1.29, 1.82) is 0 Å². The van der Waals surface area contributed by atoms with Gasteiger partial charge in [0.1, 0.15) is 17.3 Å². The van der Waals surface area contributed by atoms with E-state index in [1.54, 1.807) is 48.5 Å². The third-order valence-corrected chi connectivity index (χ3v) is 5.03. The molecule has 0 bridgehead atoms. The van der Waals surface area contributed by atoms with E-state index in [9.17, 15) is 9.59 Å². The molecule has 2 aromatic carbocycles. The van der Waals surface area contributed by atoms with Gasteiger partial charge in [0.05, 0.1) is 4.75 Å². The Kier molecular flexibility index (Phi) is 5.77. The molecule has 3 rings (SSSR count). The Morgan fingerprint density at radius 2 is 1.67 bits per heavy atom. The van der Waals surface area contributed by atoms with Crippen LogP contribution in [0.4, 0.5) is 5.69 Å². The molecule has 0 aliphatic carbocycles. The molecule has 1 N–H and O–H groups in total. The van der Waals surface area contributed by atoms with Crippen LogP contribution in [0.1, 0.15) is 13.8 Å². The maximum absolute atomic E-state index is 12.1. The van der Waals surface area contributed by atoms with E-state index in [4.69, 9.17) is 21.1 Å².